The molecule has 1 atom stereocenters. The second kappa shape index (κ2) is 5.40. The summed E-state index contributed by atoms with van der Waals surface area (Å²) >= 11 is 1.95. The van der Waals surface area contributed by atoms with Crippen LogP contribution in [-0.4, -0.2) is 21.4 Å². The maximum Gasteiger partial charge on any atom is 0.240 e. The normalized spacial score (nSPS) is 21.7. The van der Waals surface area contributed by atoms with Crippen molar-refractivity contribution in [2.75, 3.05) is 5.75 Å². The highest BCUT2D eigenvalue weighted by atomic mass is 32.2. The van der Waals surface area contributed by atoms with Crippen LogP contribution in [0.1, 0.15) is 57.0 Å². The molecule has 0 spiro atoms. The molecule has 4 nitrogen and oxygen atoms in total. The zero-order chi connectivity index (χ0) is 12.3. The molecular formula is C12H21N3OS. The minimum absolute atomic E-state index is 0.0776. The van der Waals surface area contributed by atoms with Gasteiger partial charge in [-0.25, -0.2) is 0 Å². The van der Waals surface area contributed by atoms with Crippen molar-refractivity contribution in [3.8, 4) is 0 Å². The highest BCUT2D eigenvalue weighted by Gasteiger charge is 2.21. The van der Waals surface area contributed by atoms with Crippen LogP contribution in [0.15, 0.2) is 4.52 Å². The molecule has 96 valence electrons. The summed E-state index contributed by atoms with van der Waals surface area (Å²) in [4.78, 5) is 4.48. The molecule has 1 aliphatic rings. The van der Waals surface area contributed by atoms with Gasteiger partial charge in [0.05, 0.1) is 11.8 Å². The minimum atomic E-state index is 0.0776. The number of aromatic nitrogens is 2. The van der Waals surface area contributed by atoms with Crippen molar-refractivity contribution in [1.82, 2.24) is 15.5 Å². The Hall–Kier alpha value is -0.550. The molecule has 0 amide bonds. The van der Waals surface area contributed by atoms with Gasteiger partial charge in [-0.05, 0) is 39.4 Å². The first-order valence-electron chi connectivity index (χ1n) is 6.24. The number of hydrogen-bond acceptors (Lipinski definition) is 5. The lowest BCUT2D eigenvalue weighted by molar-refractivity contribution is 0.333. The molecule has 0 aliphatic carbocycles. The van der Waals surface area contributed by atoms with Gasteiger partial charge in [-0.1, -0.05) is 11.6 Å². The second-order valence-corrected chi connectivity index (χ2v) is 6.82. The van der Waals surface area contributed by atoms with Gasteiger partial charge in [-0.3, -0.25) is 0 Å². The Morgan fingerprint density at radius 3 is 2.88 bits per heavy atom. The molecule has 0 radical (unpaired) electrons. The van der Waals surface area contributed by atoms with Crippen molar-refractivity contribution in [2.45, 2.75) is 57.4 Å². The maximum absolute atomic E-state index is 5.28. The van der Waals surface area contributed by atoms with Gasteiger partial charge in [-0.2, -0.15) is 16.7 Å². The van der Waals surface area contributed by atoms with Gasteiger partial charge < -0.3 is 9.84 Å². The molecule has 1 fully saturated rings. The smallest absolute Gasteiger partial charge is 0.240 e. The molecule has 17 heavy (non-hydrogen) atoms. The molecule has 0 bridgehead atoms. The van der Waals surface area contributed by atoms with Crippen LogP contribution in [0, 0.1) is 0 Å². The van der Waals surface area contributed by atoms with E-state index >= 15 is 0 Å². The fraction of sp³-hybridized carbons (Fsp3) is 0.833. The molecule has 2 rings (SSSR count). The summed E-state index contributed by atoms with van der Waals surface area (Å²) in [7, 11) is 0. The fourth-order valence-electron chi connectivity index (χ4n) is 1.76. The third-order valence-corrected chi connectivity index (χ3v) is 4.09. The van der Waals surface area contributed by atoms with E-state index in [0.29, 0.717) is 17.7 Å². The average molecular weight is 255 g/mol. The van der Waals surface area contributed by atoms with E-state index in [2.05, 4.69) is 36.2 Å². The number of hydrogen-bond donors (Lipinski definition) is 1. The summed E-state index contributed by atoms with van der Waals surface area (Å²) in [6.45, 7) is 7.03. The third-order valence-electron chi connectivity index (χ3n) is 2.72. The van der Waals surface area contributed by atoms with Gasteiger partial charge in [0.1, 0.15) is 0 Å². The largest absolute Gasteiger partial charge is 0.338 e. The molecular weight excluding hydrogens is 234 g/mol. The van der Waals surface area contributed by atoms with E-state index in [1.54, 1.807) is 0 Å². The van der Waals surface area contributed by atoms with Crippen molar-refractivity contribution in [3.63, 3.8) is 0 Å². The Bertz CT molecular complexity index is 353. The maximum atomic E-state index is 5.28. The van der Waals surface area contributed by atoms with Gasteiger partial charge in [0.2, 0.25) is 5.89 Å². The van der Waals surface area contributed by atoms with Gasteiger partial charge in [0.25, 0.3) is 0 Å². The number of nitrogens with one attached hydrogen (secondary N) is 1. The van der Waals surface area contributed by atoms with E-state index in [-0.39, 0.29) is 5.54 Å². The van der Waals surface area contributed by atoms with E-state index in [0.717, 1.165) is 5.82 Å². The highest BCUT2D eigenvalue weighted by Crippen LogP contribution is 2.36. The predicted molar refractivity (Wildman–Crippen MR) is 69.9 cm³/mol. The molecule has 0 aromatic carbocycles. The molecule has 1 aromatic heterocycles. The predicted octanol–water partition coefficient (Wildman–Crippen LogP) is 2.92. The summed E-state index contributed by atoms with van der Waals surface area (Å²) in [6.07, 6.45) is 3.77. The van der Waals surface area contributed by atoms with Crippen molar-refractivity contribution in [3.05, 3.63) is 11.7 Å². The van der Waals surface area contributed by atoms with Crippen LogP contribution in [0.4, 0.5) is 0 Å². The Morgan fingerprint density at radius 2 is 2.24 bits per heavy atom. The summed E-state index contributed by atoms with van der Waals surface area (Å²) in [5, 5.41) is 7.89. The zero-order valence-electron chi connectivity index (χ0n) is 10.8. The summed E-state index contributed by atoms with van der Waals surface area (Å²) in [5.74, 6) is 2.79. The van der Waals surface area contributed by atoms with Crippen LogP contribution in [0.2, 0.25) is 0 Å². The number of thioether (sulfide) groups is 1. The van der Waals surface area contributed by atoms with Crippen molar-refractivity contribution in [2.24, 2.45) is 0 Å². The monoisotopic (exact) mass is 255 g/mol. The summed E-state index contributed by atoms with van der Waals surface area (Å²) in [6, 6.07) is 0. The van der Waals surface area contributed by atoms with Crippen LogP contribution in [0.25, 0.3) is 0 Å². The van der Waals surface area contributed by atoms with Gasteiger partial charge in [0.15, 0.2) is 5.82 Å². The average Bonchev–Trinajstić information content (AvgIpc) is 2.75. The Balaban J connectivity index is 1.91. The van der Waals surface area contributed by atoms with Gasteiger partial charge >= 0.3 is 0 Å². The van der Waals surface area contributed by atoms with E-state index in [4.69, 9.17) is 4.52 Å². The molecule has 1 N–H and O–H groups in total. The van der Waals surface area contributed by atoms with Crippen molar-refractivity contribution < 1.29 is 4.52 Å². The van der Waals surface area contributed by atoms with Crippen LogP contribution in [0.5, 0.6) is 0 Å². The van der Waals surface area contributed by atoms with E-state index in [1.807, 2.05) is 11.8 Å². The molecule has 0 saturated carbocycles. The first-order valence-corrected chi connectivity index (χ1v) is 7.28. The lowest BCUT2D eigenvalue weighted by Gasteiger charge is -2.19. The lowest BCUT2D eigenvalue weighted by Crippen LogP contribution is -2.35. The Morgan fingerprint density at radius 1 is 1.41 bits per heavy atom. The SMILES string of the molecule is CC(C)(C)NCc1nc(C2CCCCS2)no1. The molecule has 2 heterocycles. The van der Waals surface area contributed by atoms with Crippen LogP contribution >= 0.6 is 11.8 Å². The van der Waals surface area contributed by atoms with Crippen LogP contribution in [0.3, 0.4) is 0 Å². The fourth-order valence-corrected chi connectivity index (χ4v) is 2.99. The minimum Gasteiger partial charge on any atom is -0.338 e. The van der Waals surface area contributed by atoms with Crippen molar-refractivity contribution in [1.29, 1.82) is 0 Å². The lowest BCUT2D eigenvalue weighted by atomic mass is 10.1. The topological polar surface area (TPSA) is 51.0 Å². The Labute approximate surface area is 107 Å². The van der Waals surface area contributed by atoms with E-state index < -0.39 is 0 Å². The van der Waals surface area contributed by atoms with Crippen LogP contribution in [-0.2, 0) is 6.54 Å². The molecule has 1 saturated heterocycles. The first-order chi connectivity index (χ1) is 8.04. The molecule has 5 heteroatoms. The number of rotatable bonds is 3. The summed E-state index contributed by atoms with van der Waals surface area (Å²) < 4.78 is 5.28. The zero-order valence-corrected chi connectivity index (χ0v) is 11.6. The second-order valence-electron chi connectivity index (χ2n) is 5.51. The van der Waals surface area contributed by atoms with Crippen LogP contribution < -0.4 is 5.32 Å². The van der Waals surface area contributed by atoms with Gasteiger partial charge in [0, 0.05) is 5.54 Å². The molecule has 1 aromatic rings. The van der Waals surface area contributed by atoms with Crippen molar-refractivity contribution >= 4 is 11.8 Å². The highest BCUT2D eigenvalue weighted by molar-refractivity contribution is 7.99. The van der Waals surface area contributed by atoms with E-state index in [9.17, 15) is 0 Å². The third kappa shape index (κ3) is 4.00. The first kappa shape index (κ1) is 12.9. The number of nitrogens with zero attached hydrogens (tertiary/aromatic N) is 2. The standard InChI is InChI=1S/C12H21N3OS/c1-12(2,3)13-8-10-14-11(15-16-10)9-6-4-5-7-17-9/h9,13H,4-8H2,1-3H3. The Kier molecular flexibility index (Phi) is 4.09. The quantitative estimate of drug-likeness (QED) is 0.900. The molecule has 1 unspecified atom stereocenters. The summed E-state index contributed by atoms with van der Waals surface area (Å²) in [5.41, 5.74) is 0.0776. The van der Waals surface area contributed by atoms with E-state index in [1.165, 1.54) is 25.0 Å². The molecule has 1 aliphatic heterocycles. The van der Waals surface area contributed by atoms with Gasteiger partial charge in [-0.15, -0.1) is 0 Å².